The smallest absolute Gasteiger partial charge is 0.252 e. The Kier molecular flexibility index (Phi) is 10.9. The fraction of sp³-hybridized carbons (Fsp3) is 0.294. The van der Waals surface area contributed by atoms with Gasteiger partial charge in [0.25, 0.3) is 6.71 Å². The van der Waals surface area contributed by atoms with Crippen LogP contribution in [-0.2, 0) is 27.1 Å². The quantitative estimate of drug-likeness (QED) is 0.153. The van der Waals surface area contributed by atoms with Crippen molar-refractivity contribution < 1.29 is 0 Å². The van der Waals surface area contributed by atoms with E-state index in [4.69, 9.17) is 0 Å². The maximum atomic E-state index is 2.69. The number of anilines is 6. The second-order valence-electron chi connectivity index (χ2n) is 25.0. The molecule has 71 heavy (non-hydrogen) atoms. The van der Waals surface area contributed by atoms with Gasteiger partial charge in [-0.1, -0.05) is 198 Å². The maximum absolute atomic E-state index is 2.69. The van der Waals surface area contributed by atoms with Crippen molar-refractivity contribution in [1.29, 1.82) is 0 Å². The minimum atomic E-state index is -0.227. The summed E-state index contributed by atoms with van der Waals surface area (Å²) in [5.41, 5.74) is 25.7. The zero-order chi connectivity index (χ0) is 50.0. The highest BCUT2D eigenvalue weighted by molar-refractivity contribution is 7.00. The molecule has 2 aliphatic heterocycles. The van der Waals surface area contributed by atoms with Crippen LogP contribution in [0.3, 0.4) is 0 Å². The van der Waals surface area contributed by atoms with Crippen LogP contribution in [0, 0.1) is 6.92 Å². The summed E-state index contributed by atoms with van der Waals surface area (Å²) >= 11 is 0. The molecule has 0 unspecified atom stereocenters. The van der Waals surface area contributed by atoms with Gasteiger partial charge in [0, 0.05) is 39.4 Å². The molecular formula is C68H71BN2. The molecule has 0 radical (unpaired) electrons. The van der Waals surface area contributed by atoms with Gasteiger partial charge in [-0.25, -0.2) is 0 Å². The Bertz CT molecular complexity index is 3360. The van der Waals surface area contributed by atoms with E-state index in [0.29, 0.717) is 0 Å². The van der Waals surface area contributed by atoms with E-state index in [0.717, 1.165) is 12.8 Å². The molecule has 0 N–H and O–H groups in total. The summed E-state index contributed by atoms with van der Waals surface area (Å²) in [6.07, 6.45) is 2.30. The third kappa shape index (κ3) is 7.87. The van der Waals surface area contributed by atoms with Crippen molar-refractivity contribution in [3.05, 3.63) is 209 Å². The van der Waals surface area contributed by atoms with Gasteiger partial charge in [0.2, 0.25) is 0 Å². The average Bonchev–Trinajstić information content (AvgIpc) is 3.34. The van der Waals surface area contributed by atoms with Crippen molar-refractivity contribution in [3.8, 4) is 22.3 Å². The summed E-state index contributed by atoms with van der Waals surface area (Å²) < 4.78 is 0. The first-order valence-electron chi connectivity index (χ1n) is 26.2. The highest BCUT2D eigenvalue weighted by Crippen LogP contribution is 2.52. The molecule has 0 amide bonds. The third-order valence-corrected chi connectivity index (χ3v) is 16.8. The summed E-state index contributed by atoms with van der Waals surface area (Å²) in [7, 11) is 0. The normalized spacial score (nSPS) is 15.7. The number of aryl methyl sites for hydroxylation is 1. The van der Waals surface area contributed by atoms with Crippen LogP contribution in [0.15, 0.2) is 170 Å². The molecule has 0 aromatic heterocycles. The summed E-state index contributed by atoms with van der Waals surface area (Å²) in [6.45, 7) is 30.9. The fourth-order valence-corrected chi connectivity index (χ4v) is 12.2. The molecule has 0 spiro atoms. The summed E-state index contributed by atoms with van der Waals surface area (Å²) in [5, 5.41) is 0. The molecule has 11 rings (SSSR count). The zero-order valence-corrected chi connectivity index (χ0v) is 44.6. The van der Waals surface area contributed by atoms with Gasteiger partial charge >= 0.3 is 0 Å². The largest absolute Gasteiger partial charge is 0.311 e. The maximum Gasteiger partial charge on any atom is 0.252 e. The minimum absolute atomic E-state index is 0.0108. The number of hydrogen-bond acceptors (Lipinski definition) is 2. The van der Waals surface area contributed by atoms with Crippen LogP contribution in [0.25, 0.3) is 22.3 Å². The standard InChI is InChI=1S/C68H71BN2/c1-44-37-61-63-62(38-44)71(58-33-29-50(65(5,6)7)40-53(58)47-24-20-23-46(39-47)45-21-16-14-17-22-45)60-43-55-54(66(8,9)35-36-67(55,10)11)42-57(60)69(63)56-41-51(68(12,13)49-25-18-15-19-26-49)30-34-59(56)70(61)52-31-27-48(28-32-52)64(2,3)4/h14-34,37-43H,35-36H2,1-13H3. The third-order valence-electron chi connectivity index (χ3n) is 16.8. The predicted octanol–water partition coefficient (Wildman–Crippen LogP) is 16.7. The first-order valence-corrected chi connectivity index (χ1v) is 26.2. The molecule has 0 saturated carbocycles. The molecule has 0 saturated heterocycles. The number of nitrogens with zero attached hydrogens (tertiary/aromatic N) is 2. The summed E-state index contributed by atoms with van der Waals surface area (Å²) in [4.78, 5) is 5.28. The van der Waals surface area contributed by atoms with Gasteiger partial charge in [-0.15, -0.1) is 0 Å². The Morgan fingerprint density at radius 2 is 0.944 bits per heavy atom. The van der Waals surface area contributed by atoms with Crippen LogP contribution in [-0.4, -0.2) is 6.71 Å². The highest BCUT2D eigenvalue weighted by atomic mass is 15.2. The Labute approximate surface area is 425 Å². The SMILES string of the molecule is Cc1cc2c3c(c1)N(c1ccc(C(C)(C)C)cc1-c1cccc(-c4ccccc4)c1)c1cc4c(cc1B3c1cc(C(C)(C)c3ccccc3)ccc1N2c1ccc(C(C)(C)C)cc1)C(C)(C)CCC4(C)C. The molecular weight excluding hydrogens is 856 g/mol. The molecule has 3 heteroatoms. The lowest BCUT2D eigenvalue weighted by molar-refractivity contribution is 0.332. The Morgan fingerprint density at radius 3 is 1.59 bits per heavy atom. The number of fused-ring (bicyclic) bond motifs is 5. The van der Waals surface area contributed by atoms with Crippen molar-refractivity contribution in [3.63, 3.8) is 0 Å². The highest BCUT2D eigenvalue weighted by Gasteiger charge is 2.47. The van der Waals surface area contributed by atoms with Crippen LogP contribution in [0.1, 0.15) is 135 Å². The summed E-state index contributed by atoms with van der Waals surface area (Å²) in [6, 6.07) is 65.6. The number of benzene rings is 8. The first-order chi connectivity index (χ1) is 33.6. The molecule has 0 atom stereocenters. The number of rotatable bonds is 6. The van der Waals surface area contributed by atoms with Crippen LogP contribution in [0.4, 0.5) is 34.1 Å². The second-order valence-corrected chi connectivity index (χ2v) is 25.0. The van der Waals surface area contributed by atoms with Crippen molar-refractivity contribution in [1.82, 2.24) is 0 Å². The van der Waals surface area contributed by atoms with Gasteiger partial charge in [0.1, 0.15) is 0 Å². The lowest BCUT2D eigenvalue weighted by atomic mass is 9.33. The minimum Gasteiger partial charge on any atom is -0.311 e. The number of hydrogen-bond donors (Lipinski definition) is 0. The molecule has 0 bridgehead atoms. The van der Waals surface area contributed by atoms with Crippen LogP contribution in [0.2, 0.25) is 0 Å². The van der Waals surface area contributed by atoms with Gasteiger partial charge in [0.15, 0.2) is 0 Å². The fourth-order valence-electron chi connectivity index (χ4n) is 12.2. The van der Waals surface area contributed by atoms with Gasteiger partial charge in [0.05, 0.1) is 5.69 Å². The van der Waals surface area contributed by atoms with Gasteiger partial charge in [-0.2, -0.15) is 0 Å². The monoisotopic (exact) mass is 927 g/mol. The Morgan fingerprint density at radius 1 is 0.408 bits per heavy atom. The zero-order valence-electron chi connectivity index (χ0n) is 44.6. The predicted molar refractivity (Wildman–Crippen MR) is 307 cm³/mol. The molecule has 8 aromatic carbocycles. The van der Waals surface area contributed by atoms with Crippen molar-refractivity contribution in [2.45, 2.75) is 130 Å². The van der Waals surface area contributed by atoms with Crippen molar-refractivity contribution in [2.24, 2.45) is 0 Å². The van der Waals surface area contributed by atoms with Gasteiger partial charge < -0.3 is 9.80 Å². The van der Waals surface area contributed by atoms with Crippen LogP contribution >= 0.6 is 0 Å². The molecule has 8 aromatic rings. The first kappa shape index (κ1) is 46.8. The van der Waals surface area contributed by atoms with E-state index in [1.54, 1.807) is 0 Å². The molecule has 356 valence electrons. The second kappa shape index (κ2) is 16.5. The van der Waals surface area contributed by atoms with E-state index in [1.807, 2.05) is 0 Å². The van der Waals surface area contributed by atoms with E-state index >= 15 is 0 Å². The van der Waals surface area contributed by atoms with Gasteiger partial charge in [-0.05, 0) is 168 Å². The lowest BCUT2D eigenvalue weighted by Crippen LogP contribution is -2.62. The molecule has 1 aliphatic carbocycles. The molecule has 0 fully saturated rings. The van der Waals surface area contributed by atoms with Crippen molar-refractivity contribution >= 4 is 57.2 Å². The topological polar surface area (TPSA) is 6.48 Å². The lowest BCUT2D eigenvalue weighted by Gasteiger charge is -2.48. The van der Waals surface area contributed by atoms with E-state index in [-0.39, 0.29) is 33.8 Å². The summed E-state index contributed by atoms with van der Waals surface area (Å²) in [5.74, 6) is 0. The molecule has 3 aliphatic rings. The molecule has 2 heterocycles. The van der Waals surface area contributed by atoms with Crippen LogP contribution < -0.4 is 26.2 Å². The molecule has 2 nitrogen and oxygen atoms in total. The van der Waals surface area contributed by atoms with Gasteiger partial charge in [-0.3, -0.25) is 0 Å². The van der Waals surface area contributed by atoms with E-state index in [9.17, 15) is 0 Å². The average molecular weight is 927 g/mol. The van der Waals surface area contributed by atoms with E-state index < -0.39 is 0 Å². The van der Waals surface area contributed by atoms with E-state index in [2.05, 4.69) is 270 Å². The Hall–Kier alpha value is -6.58. The van der Waals surface area contributed by atoms with Crippen LogP contribution in [0.5, 0.6) is 0 Å². The Balaban J connectivity index is 1.25. The van der Waals surface area contributed by atoms with E-state index in [1.165, 1.54) is 112 Å². The van der Waals surface area contributed by atoms with Crippen molar-refractivity contribution in [2.75, 3.05) is 9.80 Å².